The molecule has 0 heterocycles. The highest BCUT2D eigenvalue weighted by atomic mass is 16.3. The standard InChI is InChI=1S/C20H34O/c1-13-8-10-19(2)14(12-13)4-5-15-16-6-7-18(21)20(16,3)11-9-17(15)19/h13-18,21H,4-12H2,1-3H3/t13?,14?,15?,16?,17?,18?,19-,20?/m0/s1. The summed E-state index contributed by atoms with van der Waals surface area (Å²) in [5.41, 5.74) is 0.886. The third-order valence-electron chi connectivity index (χ3n) is 8.88. The Bertz CT molecular complexity index is 418. The van der Waals surface area contributed by atoms with E-state index in [9.17, 15) is 5.11 Å². The molecule has 0 aromatic carbocycles. The van der Waals surface area contributed by atoms with Crippen LogP contribution in [-0.4, -0.2) is 11.2 Å². The molecule has 0 radical (unpaired) electrons. The summed E-state index contributed by atoms with van der Waals surface area (Å²) in [6.45, 7) is 7.52. The summed E-state index contributed by atoms with van der Waals surface area (Å²) in [5, 5.41) is 10.5. The fourth-order valence-electron chi connectivity index (χ4n) is 7.44. The second-order valence-electron chi connectivity index (χ2n) is 9.67. The molecule has 7 unspecified atom stereocenters. The molecule has 4 aliphatic rings. The Morgan fingerprint density at radius 3 is 2.33 bits per heavy atom. The largest absolute Gasteiger partial charge is 0.393 e. The lowest BCUT2D eigenvalue weighted by Gasteiger charge is -2.60. The van der Waals surface area contributed by atoms with Gasteiger partial charge in [0.05, 0.1) is 6.10 Å². The molecule has 0 aromatic rings. The van der Waals surface area contributed by atoms with Gasteiger partial charge in [-0.1, -0.05) is 27.2 Å². The second kappa shape index (κ2) is 4.73. The molecule has 4 rings (SSSR count). The van der Waals surface area contributed by atoms with Crippen molar-refractivity contribution in [2.75, 3.05) is 0 Å². The Balaban J connectivity index is 1.62. The van der Waals surface area contributed by atoms with Crippen molar-refractivity contribution < 1.29 is 5.11 Å². The van der Waals surface area contributed by atoms with Crippen molar-refractivity contribution in [3.8, 4) is 0 Å². The topological polar surface area (TPSA) is 20.2 Å². The van der Waals surface area contributed by atoms with Gasteiger partial charge in [-0.3, -0.25) is 0 Å². The van der Waals surface area contributed by atoms with Crippen molar-refractivity contribution >= 4 is 0 Å². The van der Waals surface area contributed by atoms with Gasteiger partial charge in [-0.2, -0.15) is 0 Å². The van der Waals surface area contributed by atoms with Gasteiger partial charge in [-0.15, -0.1) is 0 Å². The molecule has 4 fully saturated rings. The van der Waals surface area contributed by atoms with E-state index in [1.807, 2.05) is 0 Å². The Hall–Kier alpha value is -0.0400. The number of aliphatic hydroxyl groups is 1. The number of hydrogen-bond acceptors (Lipinski definition) is 1. The van der Waals surface area contributed by atoms with Crippen molar-refractivity contribution in [3.05, 3.63) is 0 Å². The molecular weight excluding hydrogens is 256 g/mol. The molecule has 4 saturated carbocycles. The summed E-state index contributed by atoms with van der Waals surface area (Å²) in [6, 6.07) is 0. The molecule has 8 atom stereocenters. The van der Waals surface area contributed by atoms with E-state index in [0.717, 1.165) is 36.0 Å². The van der Waals surface area contributed by atoms with Gasteiger partial charge in [-0.05, 0) is 91.8 Å². The monoisotopic (exact) mass is 290 g/mol. The lowest BCUT2D eigenvalue weighted by Crippen LogP contribution is -2.53. The van der Waals surface area contributed by atoms with E-state index >= 15 is 0 Å². The Morgan fingerprint density at radius 1 is 0.810 bits per heavy atom. The quantitative estimate of drug-likeness (QED) is 0.663. The predicted octanol–water partition coefficient (Wildman–Crippen LogP) is 5.03. The van der Waals surface area contributed by atoms with Crippen molar-refractivity contribution in [1.82, 2.24) is 0 Å². The van der Waals surface area contributed by atoms with Gasteiger partial charge >= 0.3 is 0 Å². The van der Waals surface area contributed by atoms with E-state index in [0.29, 0.717) is 5.41 Å². The van der Waals surface area contributed by atoms with Crippen LogP contribution in [0.5, 0.6) is 0 Å². The summed E-state index contributed by atoms with van der Waals surface area (Å²) < 4.78 is 0. The third-order valence-corrected chi connectivity index (χ3v) is 8.88. The third kappa shape index (κ3) is 1.92. The molecule has 21 heavy (non-hydrogen) atoms. The molecule has 0 spiro atoms. The first-order chi connectivity index (χ1) is 9.95. The Morgan fingerprint density at radius 2 is 1.52 bits per heavy atom. The van der Waals surface area contributed by atoms with Crippen LogP contribution in [-0.2, 0) is 0 Å². The van der Waals surface area contributed by atoms with Crippen LogP contribution < -0.4 is 0 Å². The van der Waals surface area contributed by atoms with Gasteiger partial charge in [0, 0.05) is 0 Å². The smallest absolute Gasteiger partial charge is 0.0596 e. The molecule has 0 aliphatic heterocycles. The predicted molar refractivity (Wildman–Crippen MR) is 86.9 cm³/mol. The first-order valence-electron chi connectivity index (χ1n) is 9.63. The zero-order valence-electron chi connectivity index (χ0n) is 14.3. The average Bonchev–Trinajstić information content (AvgIpc) is 2.76. The van der Waals surface area contributed by atoms with Crippen LogP contribution in [0, 0.1) is 40.4 Å². The number of hydrogen-bond donors (Lipinski definition) is 1. The summed E-state index contributed by atoms with van der Waals surface area (Å²) in [4.78, 5) is 0. The number of rotatable bonds is 0. The van der Waals surface area contributed by atoms with Gasteiger partial charge in [0.25, 0.3) is 0 Å². The van der Waals surface area contributed by atoms with Crippen LogP contribution in [0.25, 0.3) is 0 Å². The SMILES string of the molecule is CC1CC[C@@]2(C)C(CCC3C4CCC(O)C4(C)CCC32)C1. The number of aliphatic hydroxyl groups excluding tert-OH is 1. The van der Waals surface area contributed by atoms with E-state index in [1.165, 1.54) is 51.4 Å². The zero-order valence-corrected chi connectivity index (χ0v) is 14.3. The van der Waals surface area contributed by atoms with Gasteiger partial charge in [-0.25, -0.2) is 0 Å². The molecule has 4 aliphatic carbocycles. The highest BCUT2D eigenvalue weighted by Crippen LogP contribution is 2.66. The lowest BCUT2D eigenvalue weighted by molar-refractivity contribution is -0.125. The normalized spacial score (nSPS) is 60.0. The Labute approximate surface area is 130 Å². The summed E-state index contributed by atoms with van der Waals surface area (Å²) in [7, 11) is 0. The van der Waals surface area contributed by atoms with Gasteiger partial charge in [0.15, 0.2) is 0 Å². The van der Waals surface area contributed by atoms with Crippen molar-refractivity contribution in [2.24, 2.45) is 40.4 Å². The van der Waals surface area contributed by atoms with E-state index in [1.54, 1.807) is 0 Å². The zero-order chi connectivity index (χ0) is 14.8. The fourth-order valence-corrected chi connectivity index (χ4v) is 7.44. The molecule has 0 bridgehead atoms. The minimum atomic E-state index is -0.0136. The van der Waals surface area contributed by atoms with E-state index < -0.39 is 0 Å². The maximum atomic E-state index is 10.5. The minimum absolute atomic E-state index is 0.0136. The van der Waals surface area contributed by atoms with E-state index in [-0.39, 0.29) is 11.5 Å². The van der Waals surface area contributed by atoms with E-state index in [4.69, 9.17) is 0 Å². The molecule has 1 heteroatoms. The van der Waals surface area contributed by atoms with Crippen molar-refractivity contribution in [2.45, 2.75) is 84.7 Å². The molecule has 1 N–H and O–H groups in total. The molecule has 0 amide bonds. The highest BCUT2D eigenvalue weighted by molar-refractivity contribution is 5.09. The Kier molecular flexibility index (Phi) is 3.27. The minimum Gasteiger partial charge on any atom is -0.393 e. The van der Waals surface area contributed by atoms with Crippen LogP contribution in [0.4, 0.5) is 0 Å². The van der Waals surface area contributed by atoms with Gasteiger partial charge < -0.3 is 5.11 Å². The molecule has 0 aromatic heterocycles. The summed E-state index contributed by atoms with van der Waals surface area (Å²) in [5.74, 6) is 4.67. The molecule has 120 valence electrons. The second-order valence-corrected chi connectivity index (χ2v) is 9.67. The van der Waals surface area contributed by atoms with Crippen molar-refractivity contribution in [1.29, 1.82) is 0 Å². The first-order valence-corrected chi connectivity index (χ1v) is 9.63. The van der Waals surface area contributed by atoms with Crippen LogP contribution in [0.2, 0.25) is 0 Å². The maximum Gasteiger partial charge on any atom is 0.0596 e. The van der Waals surface area contributed by atoms with Crippen LogP contribution >= 0.6 is 0 Å². The summed E-state index contributed by atoms with van der Waals surface area (Å²) in [6.07, 6.45) is 12.4. The molecular formula is C20H34O. The summed E-state index contributed by atoms with van der Waals surface area (Å²) >= 11 is 0. The lowest BCUT2D eigenvalue weighted by atomic mass is 9.44. The van der Waals surface area contributed by atoms with Crippen LogP contribution in [0.15, 0.2) is 0 Å². The molecule has 0 saturated heterocycles. The van der Waals surface area contributed by atoms with Crippen molar-refractivity contribution in [3.63, 3.8) is 0 Å². The van der Waals surface area contributed by atoms with Crippen LogP contribution in [0.3, 0.4) is 0 Å². The maximum absolute atomic E-state index is 10.5. The molecule has 1 nitrogen and oxygen atoms in total. The highest BCUT2D eigenvalue weighted by Gasteiger charge is 2.59. The van der Waals surface area contributed by atoms with E-state index in [2.05, 4.69) is 20.8 Å². The fraction of sp³-hybridized carbons (Fsp3) is 1.00. The van der Waals surface area contributed by atoms with Gasteiger partial charge in [0.2, 0.25) is 0 Å². The average molecular weight is 290 g/mol. The first kappa shape index (κ1) is 14.5. The van der Waals surface area contributed by atoms with Crippen LogP contribution in [0.1, 0.15) is 78.6 Å². The number of fused-ring (bicyclic) bond motifs is 5. The van der Waals surface area contributed by atoms with Gasteiger partial charge in [0.1, 0.15) is 0 Å².